The summed E-state index contributed by atoms with van der Waals surface area (Å²) in [5, 5.41) is 12.6. The minimum Gasteiger partial charge on any atom is -0.290 e. The second-order valence-electron chi connectivity index (χ2n) is 3.66. The van der Waals surface area contributed by atoms with Crippen LogP contribution in [0.25, 0.3) is 0 Å². The van der Waals surface area contributed by atoms with Gasteiger partial charge in [0.15, 0.2) is 0 Å². The molecule has 1 aromatic carbocycles. The summed E-state index contributed by atoms with van der Waals surface area (Å²) in [6.45, 7) is 0.444. The molecule has 0 aliphatic heterocycles. The standard InChI is InChI=1S/C11H9BrN6O/c12-9-3-7(11(19)16-14)1-2-8(9)5-18-6-15-10(4-13)17-18/h1-3,6H,5,14H2,(H,16,19). The van der Waals surface area contributed by atoms with Crippen LogP contribution in [0.2, 0.25) is 0 Å². The average Bonchev–Trinajstić information content (AvgIpc) is 2.88. The number of rotatable bonds is 3. The fourth-order valence-corrected chi connectivity index (χ4v) is 2.00. The first-order chi connectivity index (χ1) is 9.13. The molecule has 1 heterocycles. The van der Waals surface area contributed by atoms with Crippen molar-refractivity contribution in [1.82, 2.24) is 20.2 Å². The Morgan fingerprint density at radius 3 is 2.95 bits per heavy atom. The fourth-order valence-electron chi connectivity index (χ4n) is 1.50. The van der Waals surface area contributed by atoms with E-state index in [9.17, 15) is 4.79 Å². The van der Waals surface area contributed by atoms with Crippen LogP contribution >= 0.6 is 15.9 Å². The summed E-state index contributed by atoms with van der Waals surface area (Å²) in [6.07, 6.45) is 1.48. The molecule has 7 nitrogen and oxygen atoms in total. The van der Waals surface area contributed by atoms with Crippen LogP contribution in [0, 0.1) is 11.3 Å². The van der Waals surface area contributed by atoms with Crippen LogP contribution < -0.4 is 11.3 Å². The van der Waals surface area contributed by atoms with E-state index in [0.717, 1.165) is 10.0 Å². The van der Waals surface area contributed by atoms with Gasteiger partial charge in [0.05, 0.1) is 6.54 Å². The Hall–Kier alpha value is -2.24. The SMILES string of the molecule is N#Cc1ncn(Cc2ccc(C(=O)NN)cc2Br)n1. The van der Waals surface area contributed by atoms with Crippen molar-refractivity contribution in [3.05, 3.63) is 46.0 Å². The van der Waals surface area contributed by atoms with Gasteiger partial charge in [0, 0.05) is 10.0 Å². The van der Waals surface area contributed by atoms with E-state index in [4.69, 9.17) is 11.1 Å². The predicted octanol–water partition coefficient (Wildman–Crippen LogP) is 0.564. The number of amides is 1. The Labute approximate surface area is 117 Å². The van der Waals surface area contributed by atoms with E-state index in [1.54, 1.807) is 22.9 Å². The molecule has 0 radical (unpaired) electrons. The number of nitrogens with one attached hydrogen (secondary N) is 1. The maximum Gasteiger partial charge on any atom is 0.265 e. The zero-order chi connectivity index (χ0) is 13.8. The summed E-state index contributed by atoms with van der Waals surface area (Å²) >= 11 is 3.38. The maximum atomic E-state index is 11.4. The van der Waals surface area contributed by atoms with Crippen molar-refractivity contribution in [3.8, 4) is 6.07 Å². The highest BCUT2D eigenvalue weighted by atomic mass is 79.9. The average molecular weight is 321 g/mol. The highest BCUT2D eigenvalue weighted by molar-refractivity contribution is 9.10. The molecule has 2 rings (SSSR count). The Morgan fingerprint density at radius 2 is 2.37 bits per heavy atom. The van der Waals surface area contributed by atoms with Crippen LogP contribution in [0.5, 0.6) is 0 Å². The number of aromatic nitrogens is 3. The van der Waals surface area contributed by atoms with Crippen LogP contribution in [-0.2, 0) is 6.54 Å². The smallest absolute Gasteiger partial charge is 0.265 e. The third kappa shape index (κ3) is 2.96. The molecule has 0 saturated heterocycles. The second kappa shape index (κ2) is 5.60. The van der Waals surface area contributed by atoms with Gasteiger partial charge in [0.25, 0.3) is 11.7 Å². The highest BCUT2D eigenvalue weighted by Gasteiger charge is 2.08. The van der Waals surface area contributed by atoms with Gasteiger partial charge < -0.3 is 0 Å². The molecule has 0 saturated carbocycles. The number of benzene rings is 1. The van der Waals surface area contributed by atoms with Crippen molar-refractivity contribution in [2.45, 2.75) is 6.54 Å². The van der Waals surface area contributed by atoms with Gasteiger partial charge in [-0.3, -0.25) is 10.2 Å². The Balaban J connectivity index is 2.22. The first kappa shape index (κ1) is 13.2. The number of nitriles is 1. The lowest BCUT2D eigenvalue weighted by Gasteiger charge is -2.06. The second-order valence-corrected chi connectivity index (χ2v) is 4.51. The summed E-state index contributed by atoms with van der Waals surface area (Å²) in [5.74, 6) is 4.83. The van der Waals surface area contributed by atoms with E-state index in [1.807, 2.05) is 6.07 Å². The third-order valence-electron chi connectivity index (χ3n) is 2.42. The number of hydrazine groups is 1. The maximum absolute atomic E-state index is 11.4. The van der Waals surface area contributed by atoms with Gasteiger partial charge in [-0.2, -0.15) is 5.26 Å². The van der Waals surface area contributed by atoms with Gasteiger partial charge in [0.1, 0.15) is 12.4 Å². The minimum absolute atomic E-state index is 0.121. The number of carbonyl (C=O) groups is 1. The first-order valence-electron chi connectivity index (χ1n) is 5.23. The van der Waals surface area contributed by atoms with Crippen LogP contribution in [0.15, 0.2) is 29.0 Å². The van der Waals surface area contributed by atoms with Gasteiger partial charge >= 0.3 is 0 Å². The van der Waals surface area contributed by atoms with Crippen molar-refractivity contribution >= 4 is 21.8 Å². The van der Waals surface area contributed by atoms with E-state index >= 15 is 0 Å². The first-order valence-corrected chi connectivity index (χ1v) is 6.02. The zero-order valence-electron chi connectivity index (χ0n) is 9.67. The molecule has 2 aromatic rings. The number of nitrogens with two attached hydrogens (primary N) is 1. The van der Waals surface area contributed by atoms with Crippen LogP contribution in [-0.4, -0.2) is 20.7 Å². The molecule has 1 aromatic heterocycles. The molecule has 0 atom stereocenters. The van der Waals surface area contributed by atoms with E-state index in [-0.39, 0.29) is 11.7 Å². The van der Waals surface area contributed by atoms with Gasteiger partial charge in [-0.05, 0) is 17.7 Å². The van der Waals surface area contributed by atoms with Crippen LogP contribution in [0.1, 0.15) is 21.7 Å². The molecule has 19 heavy (non-hydrogen) atoms. The molecule has 0 fully saturated rings. The van der Waals surface area contributed by atoms with E-state index in [1.165, 1.54) is 6.33 Å². The van der Waals surface area contributed by atoms with Crippen LogP contribution in [0.4, 0.5) is 0 Å². The van der Waals surface area contributed by atoms with Crippen molar-refractivity contribution in [2.75, 3.05) is 0 Å². The quantitative estimate of drug-likeness (QED) is 0.488. The highest BCUT2D eigenvalue weighted by Crippen LogP contribution is 2.19. The molecular weight excluding hydrogens is 312 g/mol. The number of halogens is 1. The molecule has 0 aliphatic carbocycles. The minimum atomic E-state index is -0.361. The predicted molar refractivity (Wildman–Crippen MR) is 69.6 cm³/mol. The van der Waals surface area contributed by atoms with Crippen molar-refractivity contribution in [1.29, 1.82) is 5.26 Å². The largest absolute Gasteiger partial charge is 0.290 e. The lowest BCUT2D eigenvalue weighted by molar-refractivity contribution is 0.0953. The van der Waals surface area contributed by atoms with E-state index in [0.29, 0.717) is 12.1 Å². The molecule has 0 unspecified atom stereocenters. The Kier molecular flexibility index (Phi) is 3.89. The van der Waals surface area contributed by atoms with Crippen molar-refractivity contribution in [3.63, 3.8) is 0 Å². The topological polar surface area (TPSA) is 110 Å². The molecule has 0 bridgehead atoms. The Morgan fingerprint density at radius 1 is 1.58 bits per heavy atom. The molecule has 8 heteroatoms. The zero-order valence-corrected chi connectivity index (χ0v) is 11.3. The lowest BCUT2D eigenvalue weighted by atomic mass is 10.1. The number of nitrogen functional groups attached to an aromatic ring is 1. The van der Waals surface area contributed by atoms with E-state index in [2.05, 4.69) is 31.4 Å². The summed E-state index contributed by atoms with van der Waals surface area (Å²) < 4.78 is 2.30. The van der Waals surface area contributed by atoms with Gasteiger partial charge in [-0.15, -0.1) is 5.10 Å². The third-order valence-corrected chi connectivity index (χ3v) is 3.15. The summed E-state index contributed by atoms with van der Waals surface area (Å²) in [4.78, 5) is 15.2. The summed E-state index contributed by atoms with van der Waals surface area (Å²) in [5.41, 5.74) is 3.42. The Bertz CT molecular complexity index is 659. The van der Waals surface area contributed by atoms with E-state index < -0.39 is 0 Å². The van der Waals surface area contributed by atoms with Crippen LogP contribution in [0.3, 0.4) is 0 Å². The summed E-state index contributed by atoms with van der Waals surface area (Å²) in [7, 11) is 0. The molecule has 3 N–H and O–H groups in total. The molecule has 0 aliphatic rings. The van der Waals surface area contributed by atoms with Crippen molar-refractivity contribution in [2.24, 2.45) is 5.84 Å². The van der Waals surface area contributed by atoms with Gasteiger partial charge in [-0.25, -0.2) is 15.5 Å². The monoisotopic (exact) mass is 320 g/mol. The lowest BCUT2D eigenvalue weighted by Crippen LogP contribution is -2.29. The molecule has 96 valence electrons. The summed E-state index contributed by atoms with van der Waals surface area (Å²) in [6, 6.07) is 6.96. The number of hydrogen-bond acceptors (Lipinski definition) is 5. The number of carbonyl (C=O) groups excluding carboxylic acids is 1. The van der Waals surface area contributed by atoms with Crippen molar-refractivity contribution < 1.29 is 4.79 Å². The normalized spacial score (nSPS) is 9.95. The molecule has 0 spiro atoms. The molecule has 1 amide bonds. The molecular formula is C11H9BrN6O. The number of hydrogen-bond donors (Lipinski definition) is 2. The fraction of sp³-hybridized carbons (Fsp3) is 0.0909. The number of nitrogens with zero attached hydrogens (tertiary/aromatic N) is 4. The van der Waals surface area contributed by atoms with Gasteiger partial charge in [0.2, 0.25) is 0 Å². The van der Waals surface area contributed by atoms with Gasteiger partial charge in [-0.1, -0.05) is 22.0 Å².